The molecule has 17 heavy (non-hydrogen) atoms. The maximum atomic E-state index is 9.68. The van der Waals surface area contributed by atoms with Crippen LogP contribution >= 0.6 is 23.1 Å². The Morgan fingerprint density at radius 2 is 2.35 bits per heavy atom. The van der Waals surface area contributed by atoms with Crippen molar-refractivity contribution in [3.63, 3.8) is 0 Å². The number of aromatic nitrogens is 1. The van der Waals surface area contributed by atoms with Gasteiger partial charge < -0.3 is 5.11 Å². The zero-order valence-electron chi connectivity index (χ0n) is 9.12. The summed E-state index contributed by atoms with van der Waals surface area (Å²) in [6, 6.07) is 7.39. The van der Waals surface area contributed by atoms with Gasteiger partial charge in [0.25, 0.3) is 0 Å². The third-order valence-electron chi connectivity index (χ3n) is 2.20. The van der Waals surface area contributed by atoms with E-state index in [1.807, 2.05) is 5.38 Å². The minimum absolute atomic E-state index is 0.551. The Morgan fingerprint density at radius 1 is 1.53 bits per heavy atom. The van der Waals surface area contributed by atoms with Gasteiger partial charge in [0.15, 0.2) is 4.34 Å². The number of rotatable bonds is 3. The number of aliphatic hydroxyl groups excluding tert-OH is 1. The molecule has 0 saturated heterocycles. The quantitative estimate of drug-likeness (QED) is 0.922. The molecule has 1 aromatic carbocycles. The predicted molar refractivity (Wildman–Crippen MR) is 68.0 cm³/mol. The Morgan fingerprint density at radius 3 is 2.94 bits per heavy atom. The molecule has 0 fully saturated rings. The molecule has 0 amide bonds. The molecular weight excluding hydrogens is 252 g/mol. The van der Waals surface area contributed by atoms with E-state index in [4.69, 9.17) is 5.26 Å². The molecule has 1 heterocycles. The summed E-state index contributed by atoms with van der Waals surface area (Å²) in [5, 5.41) is 20.5. The zero-order chi connectivity index (χ0) is 12.3. The van der Waals surface area contributed by atoms with Gasteiger partial charge in [-0.05, 0) is 24.6 Å². The van der Waals surface area contributed by atoms with Crippen molar-refractivity contribution in [2.45, 2.75) is 22.3 Å². The molecular formula is C12H10N2OS2. The van der Waals surface area contributed by atoms with E-state index in [1.165, 1.54) is 23.1 Å². The van der Waals surface area contributed by atoms with Crippen LogP contribution in [0.25, 0.3) is 0 Å². The van der Waals surface area contributed by atoms with E-state index < -0.39 is 6.10 Å². The molecule has 0 unspecified atom stereocenters. The molecule has 5 heteroatoms. The van der Waals surface area contributed by atoms with E-state index in [0.29, 0.717) is 5.56 Å². The summed E-state index contributed by atoms with van der Waals surface area (Å²) in [6.07, 6.45) is 1.19. The highest BCUT2D eigenvalue weighted by Gasteiger charge is 2.11. The second-order valence-corrected chi connectivity index (χ2v) is 5.62. The fraction of sp³-hybridized carbons (Fsp3) is 0.167. The van der Waals surface area contributed by atoms with Crippen LogP contribution in [0.2, 0.25) is 0 Å². The minimum Gasteiger partial charge on any atom is -0.389 e. The van der Waals surface area contributed by atoms with Gasteiger partial charge in [-0.3, -0.25) is 0 Å². The monoisotopic (exact) mass is 262 g/mol. The lowest BCUT2D eigenvalue weighted by molar-refractivity contribution is 0.196. The second kappa shape index (κ2) is 5.32. The van der Waals surface area contributed by atoms with Gasteiger partial charge in [-0.2, -0.15) is 5.26 Å². The van der Waals surface area contributed by atoms with Gasteiger partial charge in [0, 0.05) is 16.5 Å². The van der Waals surface area contributed by atoms with E-state index in [9.17, 15) is 5.11 Å². The number of hydrogen-bond acceptors (Lipinski definition) is 5. The molecule has 0 aliphatic carbocycles. The largest absolute Gasteiger partial charge is 0.389 e. The number of nitrogens with zero attached hydrogens (tertiary/aromatic N) is 2. The normalized spacial score (nSPS) is 12.1. The van der Waals surface area contributed by atoms with Crippen LogP contribution in [0.15, 0.2) is 39.0 Å². The first-order valence-corrected chi connectivity index (χ1v) is 6.70. The van der Waals surface area contributed by atoms with Gasteiger partial charge >= 0.3 is 0 Å². The smallest absolute Gasteiger partial charge is 0.154 e. The summed E-state index contributed by atoms with van der Waals surface area (Å²) in [7, 11) is 0. The Hall–Kier alpha value is -1.35. The number of nitriles is 1. The van der Waals surface area contributed by atoms with Gasteiger partial charge in [-0.15, -0.1) is 11.3 Å². The number of aliphatic hydroxyl groups is 1. The average molecular weight is 262 g/mol. The maximum Gasteiger partial charge on any atom is 0.154 e. The van der Waals surface area contributed by atoms with Crippen LogP contribution in [-0.2, 0) is 0 Å². The van der Waals surface area contributed by atoms with Gasteiger partial charge in [0.2, 0.25) is 0 Å². The van der Waals surface area contributed by atoms with Crippen molar-refractivity contribution in [1.29, 1.82) is 5.26 Å². The third-order valence-corrected chi connectivity index (χ3v) is 4.16. The van der Waals surface area contributed by atoms with Crippen molar-refractivity contribution < 1.29 is 5.11 Å². The Kier molecular flexibility index (Phi) is 3.79. The molecule has 2 aromatic rings. The van der Waals surface area contributed by atoms with Crippen LogP contribution in [0.5, 0.6) is 0 Å². The molecule has 1 atom stereocenters. The molecule has 0 spiro atoms. The topological polar surface area (TPSA) is 56.9 Å². The predicted octanol–water partition coefficient (Wildman–Crippen LogP) is 3.22. The van der Waals surface area contributed by atoms with Gasteiger partial charge in [0.05, 0.1) is 17.7 Å². The Labute approximate surface area is 108 Å². The second-order valence-electron chi connectivity index (χ2n) is 3.44. The van der Waals surface area contributed by atoms with Crippen LogP contribution in [-0.4, -0.2) is 10.1 Å². The summed E-state index contributed by atoms with van der Waals surface area (Å²) in [6.45, 7) is 1.72. The lowest BCUT2D eigenvalue weighted by Gasteiger charge is -2.10. The first kappa shape index (κ1) is 12.1. The maximum absolute atomic E-state index is 9.68. The molecule has 0 bridgehead atoms. The molecule has 1 N–H and O–H groups in total. The fourth-order valence-corrected chi connectivity index (χ4v) is 3.22. The lowest BCUT2D eigenvalue weighted by Crippen LogP contribution is -1.94. The van der Waals surface area contributed by atoms with Gasteiger partial charge in [-0.1, -0.05) is 17.8 Å². The summed E-state index contributed by atoms with van der Waals surface area (Å²) >= 11 is 3.01. The Bertz CT molecular complexity index is 544. The van der Waals surface area contributed by atoms with E-state index in [1.54, 1.807) is 31.3 Å². The van der Waals surface area contributed by atoms with Crippen molar-refractivity contribution in [2.24, 2.45) is 0 Å². The SMILES string of the molecule is C[C@@H](O)c1ccc(C#N)cc1Sc1nccs1. The van der Waals surface area contributed by atoms with Crippen LogP contribution in [0.3, 0.4) is 0 Å². The van der Waals surface area contributed by atoms with E-state index in [0.717, 1.165) is 14.8 Å². The molecule has 0 saturated carbocycles. The van der Waals surface area contributed by atoms with E-state index in [2.05, 4.69) is 11.1 Å². The van der Waals surface area contributed by atoms with Crippen molar-refractivity contribution in [1.82, 2.24) is 4.98 Å². The zero-order valence-corrected chi connectivity index (χ0v) is 10.8. The van der Waals surface area contributed by atoms with Crippen molar-refractivity contribution in [2.75, 3.05) is 0 Å². The molecule has 0 radical (unpaired) electrons. The van der Waals surface area contributed by atoms with Crippen molar-refractivity contribution in [3.8, 4) is 6.07 Å². The molecule has 0 aliphatic heterocycles. The number of benzene rings is 1. The highest BCUT2D eigenvalue weighted by atomic mass is 32.2. The molecule has 3 nitrogen and oxygen atoms in total. The highest BCUT2D eigenvalue weighted by molar-refractivity contribution is 8.01. The summed E-state index contributed by atoms with van der Waals surface area (Å²) in [4.78, 5) is 5.07. The van der Waals surface area contributed by atoms with E-state index >= 15 is 0 Å². The highest BCUT2D eigenvalue weighted by Crippen LogP contribution is 2.34. The summed E-state index contributed by atoms with van der Waals surface area (Å²) < 4.78 is 0.905. The van der Waals surface area contributed by atoms with Crippen LogP contribution in [0, 0.1) is 11.3 Å². The summed E-state index contributed by atoms with van der Waals surface area (Å²) in [5.74, 6) is 0. The first-order valence-electron chi connectivity index (χ1n) is 5.00. The molecule has 1 aromatic heterocycles. The molecule has 86 valence electrons. The van der Waals surface area contributed by atoms with E-state index in [-0.39, 0.29) is 0 Å². The number of hydrogen-bond donors (Lipinski definition) is 1. The van der Waals surface area contributed by atoms with Crippen LogP contribution in [0.4, 0.5) is 0 Å². The van der Waals surface area contributed by atoms with Crippen molar-refractivity contribution >= 4 is 23.1 Å². The molecule has 0 aliphatic rings. The Balaban J connectivity index is 2.39. The minimum atomic E-state index is -0.551. The standard InChI is InChI=1S/C12H10N2OS2/c1-8(15)10-3-2-9(7-13)6-11(10)17-12-14-4-5-16-12/h2-6,8,15H,1H3/t8-/m1/s1. The first-order chi connectivity index (χ1) is 8.20. The van der Waals surface area contributed by atoms with Gasteiger partial charge in [0.1, 0.15) is 0 Å². The number of thiazole rings is 1. The lowest BCUT2D eigenvalue weighted by atomic mass is 10.1. The average Bonchev–Trinajstić information content (AvgIpc) is 2.81. The third kappa shape index (κ3) is 2.86. The molecule has 2 rings (SSSR count). The van der Waals surface area contributed by atoms with Crippen molar-refractivity contribution in [3.05, 3.63) is 40.9 Å². The van der Waals surface area contributed by atoms with Crippen LogP contribution in [0.1, 0.15) is 24.2 Å². The van der Waals surface area contributed by atoms with Gasteiger partial charge in [-0.25, -0.2) is 4.98 Å². The summed E-state index contributed by atoms with van der Waals surface area (Å²) in [5.41, 5.74) is 1.41. The fourth-order valence-electron chi connectivity index (χ4n) is 1.39. The van der Waals surface area contributed by atoms with Crippen LogP contribution < -0.4 is 0 Å².